The average molecular weight is 339 g/mol. The second-order valence-electron chi connectivity index (χ2n) is 5.05. The monoisotopic (exact) mass is 339 g/mol. The molecule has 0 fully saturated rings. The van der Waals surface area contributed by atoms with Crippen LogP contribution in [0.4, 0.5) is 16.5 Å². The predicted molar refractivity (Wildman–Crippen MR) is 92.9 cm³/mol. The van der Waals surface area contributed by atoms with E-state index in [9.17, 15) is 14.9 Å². The van der Waals surface area contributed by atoms with Gasteiger partial charge in [-0.1, -0.05) is 18.2 Å². The quantitative estimate of drug-likeness (QED) is 0.523. The molecule has 3 aromatic rings. The molecule has 120 valence electrons. The van der Waals surface area contributed by atoms with Crippen LogP contribution < -0.4 is 4.90 Å². The second-order valence-corrected chi connectivity index (χ2v) is 5.89. The van der Waals surface area contributed by atoms with Crippen molar-refractivity contribution in [2.45, 2.75) is 6.92 Å². The van der Waals surface area contributed by atoms with Gasteiger partial charge in [-0.2, -0.15) is 0 Å². The van der Waals surface area contributed by atoms with Crippen molar-refractivity contribution in [3.63, 3.8) is 0 Å². The van der Waals surface area contributed by atoms with Crippen molar-refractivity contribution < 1.29 is 9.72 Å². The van der Waals surface area contributed by atoms with E-state index in [1.807, 2.05) is 42.6 Å². The van der Waals surface area contributed by atoms with Crippen molar-refractivity contribution in [3.8, 4) is 0 Å². The van der Waals surface area contributed by atoms with Gasteiger partial charge in [-0.15, -0.1) is 11.3 Å². The van der Waals surface area contributed by atoms with E-state index in [0.717, 1.165) is 5.69 Å². The maximum atomic E-state index is 13.0. The number of thiazole rings is 1. The van der Waals surface area contributed by atoms with Crippen LogP contribution >= 0.6 is 11.3 Å². The van der Waals surface area contributed by atoms with Gasteiger partial charge < -0.3 is 0 Å². The van der Waals surface area contributed by atoms with E-state index >= 15 is 0 Å². The summed E-state index contributed by atoms with van der Waals surface area (Å²) in [4.78, 5) is 29.1. The van der Waals surface area contributed by atoms with E-state index in [-0.39, 0.29) is 11.6 Å². The molecule has 0 atom stereocenters. The number of aryl methyl sites for hydroxylation is 1. The zero-order chi connectivity index (χ0) is 17.1. The SMILES string of the molecule is Cc1csc(N(C(=O)c2ccc([N+](=O)[O-])cc2)c2ccccc2)n1. The fraction of sp³-hybridized carbons (Fsp3) is 0.0588. The molecule has 0 spiro atoms. The minimum atomic E-state index is -0.493. The number of aromatic nitrogens is 1. The lowest BCUT2D eigenvalue weighted by Crippen LogP contribution is -2.25. The molecule has 0 N–H and O–H groups in total. The third-order valence-electron chi connectivity index (χ3n) is 3.34. The molecule has 0 aliphatic carbocycles. The molecule has 0 radical (unpaired) electrons. The molecular formula is C17H13N3O3S. The Kier molecular flexibility index (Phi) is 4.35. The molecule has 0 saturated heterocycles. The number of rotatable bonds is 4. The van der Waals surface area contributed by atoms with Crippen LogP contribution in [0.5, 0.6) is 0 Å². The highest BCUT2D eigenvalue weighted by atomic mass is 32.1. The van der Waals surface area contributed by atoms with E-state index < -0.39 is 4.92 Å². The first-order valence-electron chi connectivity index (χ1n) is 7.12. The van der Waals surface area contributed by atoms with Crippen molar-refractivity contribution in [2.75, 3.05) is 4.90 Å². The maximum absolute atomic E-state index is 13.0. The number of carbonyl (C=O) groups is 1. The van der Waals surface area contributed by atoms with E-state index in [0.29, 0.717) is 16.4 Å². The standard InChI is InChI=1S/C17H13N3O3S/c1-12-11-24-17(18-12)19(14-5-3-2-4-6-14)16(21)13-7-9-15(10-8-13)20(22)23/h2-11H,1H3. The first-order chi connectivity index (χ1) is 11.6. The molecule has 0 saturated carbocycles. The Labute approximate surface area is 142 Å². The summed E-state index contributed by atoms with van der Waals surface area (Å²) in [6.45, 7) is 1.86. The highest BCUT2D eigenvalue weighted by Crippen LogP contribution is 2.30. The molecule has 3 rings (SSSR count). The summed E-state index contributed by atoms with van der Waals surface area (Å²) in [7, 11) is 0. The summed E-state index contributed by atoms with van der Waals surface area (Å²) in [5, 5.41) is 13.2. The number of para-hydroxylation sites is 1. The molecule has 1 aromatic heterocycles. The van der Waals surface area contributed by atoms with E-state index in [1.165, 1.54) is 40.5 Å². The smallest absolute Gasteiger partial charge is 0.268 e. The minimum Gasteiger partial charge on any atom is -0.268 e. The van der Waals surface area contributed by atoms with Gasteiger partial charge in [0, 0.05) is 23.1 Å². The highest BCUT2D eigenvalue weighted by Gasteiger charge is 2.22. The molecule has 1 amide bonds. The molecule has 7 heteroatoms. The topological polar surface area (TPSA) is 76.3 Å². The molecule has 24 heavy (non-hydrogen) atoms. The van der Waals surface area contributed by atoms with Crippen LogP contribution in [0.1, 0.15) is 16.1 Å². The van der Waals surface area contributed by atoms with Gasteiger partial charge in [-0.05, 0) is 31.2 Å². The van der Waals surface area contributed by atoms with Crippen molar-refractivity contribution in [2.24, 2.45) is 0 Å². The summed E-state index contributed by atoms with van der Waals surface area (Å²) in [6.07, 6.45) is 0. The van der Waals surface area contributed by atoms with Crippen molar-refractivity contribution in [1.29, 1.82) is 0 Å². The number of hydrogen-bond donors (Lipinski definition) is 0. The fourth-order valence-electron chi connectivity index (χ4n) is 2.19. The lowest BCUT2D eigenvalue weighted by Gasteiger charge is -2.20. The first kappa shape index (κ1) is 15.8. The summed E-state index contributed by atoms with van der Waals surface area (Å²) in [5.74, 6) is -0.287. The Morgan fingerprint density at radius 3 is 2.33 bits per heavy atom. The van der Waals surface area contributed by atoms with Crippen molar-refractivity contribution in [3.05, 3.63) is 81.3 Å². The zero-order valence-corrected chi connectivity index (χ0v) is 13.6. The summed E-state index contributed by atoms with van der Waals surface area (Å²) >= 11 is 1.37. The van der Waals surface area contributed by atoms with Crippen LogP contribution in [0.25, 0.3) is 0 Å². The van der Waals surface area contributed by atoms with E-state index in [4.69, 9.17) is 0 Å². The van der Waals surface area contributed by atoms with Crippen LogP contribution in [-0.4, -0.2) is 15.8 Å². The van der Waals surface area contributed by atoms with Gasteiger partial charge in [-0.3, -0.25) is 19.8 Å². The number of nitro groups is 1. The Balaban J connectivity index is 2.02. The number of carbonyl (C=O) groups excluding carboxylic acids is 1. The molecule has 1 heterocycles. The summed E-state index contributed by atoms with van der Waals surface area (Å²) in [6, 6.07) is 14.7. The molecule has 2 aromatic carbocycles. The Bertz CT molecular complexity index is 876. The molecular weight excluding hydrogens is 326 g/mol. The molecule has 0 aliphatic rings. The van der Waals surface area contributed by atoms with Gasteiger partial charge in [0.1, 0.15) is 0 Å². The van der Waals surface area contributed by atoms with E-state index in [1.54, 1.807) is 0 Å². The van der Waals surface area contributed by atoms with Gasteiger partial charge in [0.25, 0.3) is 11.6 Å². The summed E-state index contributed by atoms with van der Waals surface area (Å²) < 4.78 is 0. The normalized spacial score (nSPS) is 10.4. The Hall–Kier alpha value is -3.06. The number of anilines is 2. The van der Waals surface area contributed by atoms with Gasteiger partial charge in [0.2, 0.25) is 0 Å². The van der Waals surface area contributed by atoms with Gasteiger partial charge in [0.05, 0.1) is 16.3 Å². The average Bonchev–Trinajstić information content (AvgIpc) is 3.02. The van der Waals surface area contributed by atoms with Crippen LogP contribution in [0.3, 0.4) is 0 Å². The molecule has 0 aliphatic heterocycles. The van der Waals surface area contributed by atoms with E-state index in [2.05, 4.69) is 4.98 Å². The fourth-order valence-corrected chi connectivity index (χ4v) is 3.01. The maximum Gasteiger partial charge on any atom is 0.269 e. The first-order valence-corrected chi connectivity index (χ1v) is 8.00. The van der Waals surface area contributed by atoms with Crippen molar-refractivity contribution >= 4 is 33.8 Å². The Morgan fingerprint density at radius 1 is 1.12 bits per heavy atom. The minimum absolute atomic E-state index is 0.0529. The number of nitro benzene ring substituents is 1. The lowest BCUT2D eigenvalue weighted by atomic mass is 10.1. The Morgan fingerprint density at radius 2 is 1.79 bits per heavy atom. The van der Waals surface area contributed by atoms with Crippen LogP contribution in [0, 0.1) is 17.0 Å². The predicted octanol–water partition coefficient (Wildman–Crippen LogP) is 4.34. The van der Waals surface area contributed by atoms with Crippen LogP contribution in [-0.2, 0) is 0 Å². The lowest BCUT2D eigenvalue weighted by molar-refractivity contribution is -0.384. The number of non-ortho nitro benzene ring substituents is 1. The number of hydrogen-bond acceptors (Lipinski definition) is 5. The summed E-state index contributed by atoms with van der Waals surface area (Å²) in [5.41, 5.74) is 1.82. The van der Waals surface area contributed by atoms with Gasteiger partial charge in [-0.25, -0.2) is 4.98 Å². The number of nitrogens with zero attached hydrogens (tertiary/aromatic N) is 3. The molecule has 6 nitrogen and oxygen atoms in total. The number of benzene rings is 2. The zero-order valence-electron chi connectivity index (χ0n) is 12.7. The third-order valence-corrected chi connectivity index (χ3v) is 4.28. The second kappa shape index (κ2) is 6.59. The molecule has 0 unspecified atom stereocenters. The highest BCUT2D eigenvalue weighted by molar-refractivity contribution is 7.14. The van der Waals surface area contributed by atoms with Gasteiger partial charge >= 0.3 is 0 Å². The van der Waals surface area contributed by atoms with Crippen molar-refractivity contribution in [1.82, 2.24) is 4.98 Å². The largest absolute Gasteiger partial charge is 0.269 e. The number of amides is 1. The van der Waals surface area contributed by atoms with Gasteiger partial charge in [0.15, 0.2) is 5.13 Å². The molecule has 0 bridgehead atoms. The van der Waals surface area contributed by atoms with Crippen LogP contribution in [0.2, 0.25) is 0 Å². The van der Waals surface area contributed by atoms with Crippen LogP contribution in [0.15, 0.2) is 60.0 Å². The third kappa shape index (κ3) is 3.16.